The standard InChI is InChI=1S/C16H13ClN4OS/c1-9-14(10(2)22)23-15(19-9)13-7-8-18-16(21-13)20-12-5-3-11(17)4-6-12/h3-8H,1-2H3,(H,18,20,21). The van der Waals surface area contributed by atoms with E-state index in [1.54, 1.807) is 24.4 Å². The fourth-order valence-corrected chi connectivity index (χ4v) is 3.09. The number of hydrogen-bond acceptors (Lipinski definition) is 6. The molecule has 23 heavy (non-hydrogen) atoms. The Balaban J connectivity index is 1.89. The van der Waals surface area contributed by atoms with Crippen molar-refractivity contribution in [2.45, 2.75) is 13.8 Å². The third kappa shape index (κ3) is 3.55. The van der Waals surface area contributed by atoms with Crippen LogP contribution >= 0.6 is 22.9 Å². The van der Waals surface area contributed by atoms with Crippen molar-refractivity contribution in [1.82, 2.24) is 15.0 Å². The van der Waals surface area contributed by atoms with E-state index < -0.39 is 0 Å². The second-order valence-corrected chi connectivity index (χ2v) is 6.32. The van der Waals surface area contributed by atoms with Crippen LogP contribution in [0.3, 0.4) is 0 Å². The molecule has 0 saturated carbocycles. The van der Waals surface area contributed by atoms with Crippen LogP contribution in [0.5, 0.6) is 0 Å². The van der Waals surface area contributed by atoms with Crippen molar-refractivity contribution in [3.63, 3.8) is 0 Å². The molecule has 0 aliphatic heterocycles. The number of benzene rings is 1. The van der Waals surface area contributed by atoms with Gasteiger partial charge < -0.3 is 5.32 Å². The van der Waals surface area contributed by atoms with Crippen LogP contribution in [0, 0.1) is 6.92 Å². The highest BCUT2D eigenvalue weighted by Crippen LogP contribution is 2.27. The maximum atomic E-state index is 11.6. The number of halogens is 1. The maximum absolute atomic E-state index is 11.6. The van der Waals surface area contributed by atoms with E-state index in [-0.39, 0.29) is 5.78 Å². The number of aryl methyl sites for hydroxylation is 1. The number of ketones is 1. The highest BCUT2D eigenvalue weighted by molar-refractivity contribution is 7.17. The van der Waals surface area contributed by atoms with Gasteiger partial charge in [0.1, 0.15) is 10.7 Å². The molecule has 5 nitrogen and oxygen atoms in total. The van der Waals surface area contributed by atoms with Crippen LogP contribution in [0.25, 0.3) is 10.7 Å². The summed E-state index contributed by atoms with van der Waals surface area (Å²) in [6.07, 6.45) is 1.66. The number of aromatic nitrogens is 3. The molecule has 0 amide bonds. The number of nitrogens with zero attached hydrogens (tertiary/aromatic N) is 3. The second kappa shape index (κ2) is 6.44. The Kier molecular flexibility index (Phi) is 4.36. The minimum Gasteiger partial charge on any atom is -0.324 e. The summed E-state index contributed by atoms with van der Waals surface area (Å²) in [5, 5.41) is 4.48. The van der Waals surface area contributed by atoms with Crippen LogP contribution in [0.4, 0.5) is 11.6 Å². The number of hydrogen-bond donors (Lipinski definition) is 1. The lowest BCUT2D eigenvalue weighted by Crippen LogP contribution is -1.97. The summed E-state index contributed by atoms with van der Waals surface area (Å²) in [6.45, 7) is 3.36. The molecule has 3 aromatic rings. The quantitative estimate of drug-likeness (QED) is 0.705. The summed E-state index contributed by atoms with van der Waals surface area (Å²) in [5.41, 5.74) is 2.24. The van der Waals surface area contributed by atoms with Crippen LogP contribution in [-0.4, -0.2) is 20.7 Å². The molecule has 116 valence electrons. The average Bonchev–Trinajstić information content (AvgIpc) is 2.92. The lowest BCUT2D eigenvalue weighted by atomic mass is 10.3. The fourth-order valence-electron chi connectivity index (χ4n) is 2.03. The van der Waals surface area contributed by atoms with Gasteiger partial charge >= 0.3 is 0 Å². The molecule has 0 radical (unpaired) electrons. The third-order valence-electron chi connectivity index (χ3n) is 3.09. The molecule has 0 saturated heterocycles. The number of carbonyl (C=O) groups is 1. The molecule has 3 rings (SSSR count). The molecule has 0 bridgehead atoms. The SMILES string of the molecule is CC(=O)c1sc(-c2ccnc(Nc3ccc(Cl)cc3)n2)nc1C. The molecule has 0 atom stereocenters. The van der Waals surface area contributed by atoms with E-state index in [2.05, 4.69) is 20.3 Å². The summed E-state index contributed by atoms with van der Waals surface area (Å²) in [6, 6.07) is 9.04. The van der Waals surface area contributed by atoms with Crippen LogP contribution in [-0.2, 0) is 0 Å². The zero-order valence-corrected chi connectivity index (χ0v) is 14.1. The third-order valence-corrected chi connectivity index (χ3v) is 4.62. The molecular weight excluding hydrogens is 332 g/mol. The normalized spacial score (nSPS) is 10.6. The first-order valence-corrected chi connectivity index (χ1v) is 8.07. The van der Waals surface area contributed by atoms with Gasteiger partial charge in [-0.1, -0.05) is 11.6 Å². The highest BCUT2D eigenvalue weighted by Gasteiger charge is 2.14. The Morgan fingerprint density at radius 1 is 1.17 bits per heavy atom. The Hall–Kier alpha value is -2.31. The van der Waals surface area contributed by atoms with Gasteiger partial charge in [-0.05, 0) is 37.3 Å². The van der Waals surface area contributed by atoms with E-state index in [0.29, 0.717) is 26.5 Å². The Morgan fingerprint density at radius 3 is 2.57 bits per heavy atom. The monoisotopic (exact) mass is 344 g/mol. The van der Waals surface area contributed by atoms with Crippen molar-refractivity contribution in [1.29, 1.82) is 0 Å². The largest absolute Gasteiger partial charge is 0.324 e. The molecule has 0 aliphatic rings. The first-order chi connectivity index (χ1) is 11.0. The predicted molar refractivity (Wildman–Crippen MR) is 92.6 cm³/mol. The Morgan fingerprint density at radius 2 is 1.91 bits per heavy atom. The van der Waals surface area contributed by atoms with E-state index in [4.69, 9.17) is 11.6 Å². The summed E-state index contributed by atoms with van der Waals surface area (Å²) < 4.78 is 0. The van der Waals surface area contributed by atoms with Gasteiger partial charge in [0.15, 0.2) is 5.78 Å². The van der Waals surface area contributed by atoms with Crippen LogP contribution in [0.2, 0.25) is 5.02 Å². The maximum Gasteiger partial charge on any atom is 0.227 e. The highest BCUT2D eigenvalue weighted by atomic mass is 35.5. The minimum absolute atomic E-state index is 0.0137. The number of thiazole rings is 1. The molecule has 2 aromatic heterocycles. The topological polar surface area (TPSA) is 67.8 Å². The van der Waals surface area contributed by atoms with Crippen LogP contribution in [0.15, 0.2) is 36.5 Å². The lowest BCUT2D eigenvalue weighted by Gasteiger charge is -2.05. The van der Waals surface area contributed by atoms with Crippen molar-refractivity contribution >= 4 is 40.4 Å². The number of rotatable bonds is 4. The molecule has 0 unspecified atom stereocenters. The van der Waals surface area contributed by atoms with Gasteiger partial charge in [-0.25, -0.2) is 15.0 Å². The molecule has 0 spiro atoms. The van der Waals surface area contributed by atoms with E-state index in [0.717, 1.165) is 11.4 Å². The molecule has 7 heteroatoms. The Labute approximate surface area is 142 Å². The van der Waals surface area contributed by atoms with Gasteiger partial charge in [-0.15, -0.1) is 11.3 Å². The summed E-state index contributed by atoms with van der Waals surface area (Å²) in [4.78, 5) is 25.3. The summed E-state index contributed by atoms with van der Waals surface area (Å²) in [5.74, 6) is 0.474. The van der Waals surface area contributed by atoms with E-state index in [1.165, 1.54) is 18.3 Å². The molecule has 1 aromatic carbocycles. The van der Waals surface area contributed by atoms with Crippen molar-refractivity contribution in [3.8, 4) is 10.7 Å². The van der Waals surface area contributed by atoms with Gasteiger partial charge in [-0.3, -0.25) is 4.79 Å². The van der Waals surface area contributed by atoms with E-state index in [9.17, 15) is 4.79 Å². The summed E-state index contributed by atoms with van der Waals surface area (Å²) in [7, 11) is 0. The summed E-state index contributed by atoms with van der Waals surface area (Å²) >= 11 is 7.21. The fraction of sp³-hybridized carbons (Fsp3) is 0.125. The van der Waals surface area contributed by atoms with Gasteiger partial charge in [0.05, 0.1) is 10.6 Å². The van der Waals surface area contributed by atoms with Gasteiger partial charge in [0.25, 0.3) is 0 Å². The first-order valence-electron chi connectivity index (χ1n) is 6.87. The molecule has 2 heterocycles. The smallest absolute Gasteiger partial charge is 0.227 e. The molecule has 0 aliphatic carbocycles. The minimum atomic E-state index is 0.0137. The zero-order chi connectivity index (χ0) is 16.4. The number of Topliss-reactive ketones (excluding diaryl/α,β-unsaturated/α-hetero) is 1. The van der Waals surface area contributed by atoms with Crippen molar-refractivity contribution in [2.75, 3.05) is 5.32 Å². The van der Waals surface area contributed by atoms with Crippen LogP contribution < -0.4 is 5.32 Å². The molecule has 0 fully saturated rings. The van der Waals surface area contributed by atoms with Crippen LogP contribution in [0.1, 0.15) is 22.3 Å². The first kappa shape index (κ1) is 15.6. The zero-order valence-electron chi connectivity index (χ0n) is 12.5. The molecular formula is C16H13ClN4OS. The number of anilines is 2. The van der Waals surface area contributed by atoms with Crippen molar-refractivity contribution in [3.05, 3.63) is 52.1 Å². The van der Waals surface area contributed by atoms with Crippen molar-refractivity contribution < 1.29 is 4.79 Å². The van der Waals surface area contributed by atoms with Gasteiger partial charge in [0.2, 0.25) is 5.95 Å². The molecule has 1 N–H and O–H groups in total. The number of nitrogens with one attached hydrogen (secondary N) is 1. The van der Waals surface area contributed by atoms with Crippen molar-refractivity contribution in [2.24, 2.45) is 0 Å². The lowest BCUT2D eigenvalue weighted by molar-refractivity contribution is 0.102. The van der Waals surface area contributed by atoms with E-state index >= 15 is 0 Å². The second-order valence-electron chi connectivity index (χ2n) is 4.89. The average molecular weight is 345 g/mol. The predicted octanol–water partition coefficient (Wildman–Crippen LogP) is 4.51. The van der Waals surface area contributed by atoms with E-state index in [1.807, 2.05) is 19.1 Å². The van der Waals surface area contributed by atoms with Gasteiger partial charge in [0, 0.05) is 23.8 Å². The number of carbonyl (C=O) groups excluding carboxylic acids is 1. The van der Waals surface area contributed by atoms with Gasteiger partial charge in [-0.2, -0.15) is 0 Å². The Bertz CT molecular complexity index is 861.